The third-order valence-electron chi connectivity index (χ3n) is 3.42. The smallest absolute Gasteiger partial charge is 0.147 e. The molecule has 0 aliphatic rings. The van der Waals surface area contributed by atoms with Gasteiger partial charge in [-0.25, -0.2) is 0 Å². The molecule has 118 valence electrons. The molecule has 0 fully saturated rings. The van der Waals surface area contributed by atoms with E-state index in [1.165, 1.54) is 11.1 Å². The van der Waals surface area contributed by atoms with Crippen LogP contribution in [0, 0.1) is 0 Å². The van der Waals surface area contributed by atoms with Gasteiger partial charge in [-0.15, -0.1) is 0 Å². The van der Waals surface area contributed by atoms with E-state index in [-0.39, 0.29) is 0 Å². The lowest BCUT2D eigenvalue weighted by molar-refractivity contribution is 0.313. The number of halogens is 2. The summed E-state index contributed by atoms with van der Waals surface area (Å²) in [5.74, 6) is 0.877. The average Bonchev–Trinajstić information content (AvgIpc) is 2.52. The van der Waals surface area contributed by atoms with Gasteiger partial charge in [0.05, 0.1) is 15.6 Å². The summed E-state index contributed by atoms with van der Waals surface area (Å²) in [4.78, 5) is 0. The van der Waals surface area contributed by atoms with Crippen LogP contribution in [0.4, 0.5) is 0 Å². The van der Waals surface area contributed by atoms with Gasteiger partial charge in [-0.3, -0.25) is 0 Å². The number of nitrogens with one attached hydrogen (secondary N) is 1. The molecule has 22 heavy (non-hydrogen) atoms. The summed E-state index contributed by atoms with van der Waals surface area (Å²) in [5, 5.41) is 3.55. The first kappa shape index (κ1) is 17.5. The number of benzene rings is 2. The Balaban J connectivity index is 2.01. The molecule has 0 bridgehead atoms. The van der Waals surface area contributed by atoms with Crippen LogP contribution >= 0.6 is 31.9 Å². The Morgan fingerprint density at radius 1 is 1.09 bits per heavy atom. The maximum absolute atomic E-state index is 5.75. The van der Waals surface area contributed by atoms with Gasteiger partial charge in [-0.05, 0) is 68.5 Å². The molecule has 1 atom stereocenters. The summed E-state index contributed by atoms with van der Waals surface area (Å²) in [6, 6.07) is 15.0. The second-order valence-electron chi connectivity index (χ2n) is 5.25. The molecule has 2 nitrogen and oxygen atoms in total. The van der Waals surface area contributed by atoms with Gasteiger partial charge in [0.1, 0.15) is 5.75 Å². The third-order valence-corrected chi connectivity index (χ3v) is 4.60. The van der Waals surface area contributed by atoms with Crippen molar-refractivity contribution in [1.29, 1.82) is 0 Å². The highest BCUT2D eigenvalue weighted by Gasteiger charge is 2.10. The van der Waals surface area contributed by atoms with E-state index in [9.17, 15) is 0 Å². The molecule has 1 N–H and O–H groups in total. The maximum Gasteiger partial charge on any atom is 0.147 e. The molecule has 0 aromatic heterocycles. The molecule has 0 heterocycles. The zero-order valence-corrected chi connectivity index (χ0v) is 16.1. The van der Waals surface area contributed by atoms with Crippen LogP contribution in [0.1, 0.15) is 37.4 Å². The molecule has 0 spiro atoms. The fraction of sp³-hybridized carbons (Fsp3) is 0.333. The fourth-order valence-electron chi connectivity index (χ4n) is 2.19. The van der Waals surface area contributed by atoms with Gasteiger partial charge in [-0.2, -0.15) is 0 Å². The molecule has 0 aliphatic carbocycles. The van der Waals surface area contributed by atoms with Gasteiger partial charge in [0, 0.05) is 12.6 Å². The van der Waals surface area contributed by atoms with E-state index in [4.69, 9.17) is 4.74 Å². The highest BCUT2D eigenvalue weighted by atomic mass is 79.9. The molecule has 2 aromatic rings. The average molecular weight is 427 g/mol. The van der Waals surface area contributed by atoms with Crippen molar-refractivity contribution in [2.24, 2.45) is 0 Å². The topological polar surface area (TPSA) is 21.3 Å². The molecule has 2 aromatic carbocycles. The van der Waals surface area contributed by atoms with Gasteiger partial charge in [0.25, 0.3) is 0 Å². The van der Waals surface area contributed by atoms with Crippen molar-refractivity contribution in [3.05, 3.63) is 62.5 Å². The van der Waals surface area contributed by atoms with Crippen LogP contribution in [-0.4, -0.2) is 6.61 Å². The highest BCUT2D eigenvalue weighted by molar-refractivity contribution is 9.11. The predicted octanol–water partition coefficient (Wildman–Crippen LogP) is 5.85. The fourth-order valence-corrected chi connectivity index (χ4v) is 3.70. The van der Waals surface area contributed by atoms with Crippen molar-refractivity contribution in [2.45, 2.75) is 32.9 Å². The number of ether oxygens (including phenoxy) is 1. The Labute approximate surface area is 149 Å². The van der Waals surface area contributed by atoms with Crippen molar-refractivity contribution in [3.63, 3.8) is 0 Å². The van der Waals surface area contributed by atoms with Crippen molar-refractivity contribution in [3.8, 4) is 5.75 Å². The van der Waals surface area contributed by atoms with E-state index in [1.807, 2.05) is 6.07 Å². The van der Waals surface area contributed by atoms with Gasteiger partial charge >= 0.3 is 0 Å². The second-order valence-corrected chi connectivity index (χ2v) is 6.96. The molecule has 0 saturated carbocycles. The lowest BCUT2D eigenvalue weighted by Gasteiger charge is -2.16. The van der Waals surface area contributed by atoms with E-state index in [0.717, 1.165) is 34.3 Å². The van der Waals surface area contributed by atoms with Gasteiger partial charge in [0.2, 0.25) is 0 Å². The van der Waals surface area contributed by atoms with Crippen LogP contribution in [-0.2, 0) is 6.54 Å². The Hall–Kier alpha value is -0.840. The minimum Gasteiger partial charge on any atom is -0.491 e. The zero-order chi connectivity index (χ0) is 15.9. The third kappa shape index (κ3) is 4.83. The van der Waals surface area contributed by atoms with E-state index in [2.05, 4.69) is 87.4 Å². The van der Waals surface area contributed by atoms with Crippen molar-refractivity contribution >= 4 is 31.9 Å². The minimum atomic E-state index is 0.315. The lowest BCUT2D eigenvalue weighted by atomic mass is 10.1. The van der Waals surface area contributed by atoms with Crippen LogP contribution in [0.25, 0.3) is 0 Å². The summed E-state index contributed by atoms with van der Waals surface area (Å²) < 4.78 is 7.72. The van der Waals surface area contributed by atoms with Crippen LogP contribution in [0.5, 0.6) is 5.75 Å². The largest absolute Gasteiger partial charge is 0.491 e. The van der Waals surface area contributed by atoms with E-state index in [0.29, 0.717) is 6.04 Å². The predicted molar refractivity (Wildman–Crippen MR) is 99.3 cm³/mol. The van der Waals surface area contributed by atoms with E-state index < -0.39 is 0 Å². The molecule has 1 unspecified atom stereocenters. The van der Waals surface area contributed by atoms with Crippen LogP contribution in [0.2, 0.25) is 0 Å². The summed E-state index contributed by atoms with van der Waals surface area (Å²) in [7, 11) is 0. The second kappa shape index (κ2) is 8.70. The molecule has 4 heteroatoms. The van der Waals surface area contributed by atoms with E-state index >= 15 is 0 Å². The quantitative estimate of drug-likeness (QED) is 0.599. The van der Waals surface area contributed by atoms with Gasteiger partial charge < -0.3 is 10.1 Å². The Bertz CT molecular complexity index is 578. The molecule has 0 amide bonds. The maximum atomic E-state index is 5.75. The highest BCUT2D eigenvalue weighted by Crippen LogP contribution is 2.35. The molecular weight excluding hydrogens is 406 g/mol. The van der Waals surface area contributed by atoms with Gasteiger partial charge in [0.15, 0.2) is 0 Å². The molecule has 0 saturated heterocycles. The number of hydrogen-bond donors (Lipinski definition) is 1. The first-order chi connectivity index (χ1) is 10.6. The van der Waals surface area contributed by atoms with Crippen LogP contribution in [0.3, 0.4) is 0 Å². The SMILES string of the molecule is CCCOc1c(Br)cc(CNC(C)c2ccccc2)cc1Br. The molecule has 2 rings (SSSR count). The number of hydrogen-bond acceptors (Lipinski definition) is 2. The van der Waals surface area contributed by atoms with Crippen molar-refractivity contribution in [1.82, 2.24) is 5.32 Å². The summed E-state index contributed by atoms with van der Waals surface area (Å²) in [5.41, 5.74) is 2.51. The summed E-state index contributed by atoms with van der Waals surface area (Å²) >= 11 is 7.19. The standard InChI is InChI=1S/C18H21Br2NO/c1-3-9-22-18-16(19)10-14(11-17(18)20)12-21-13(2)15-7-5-4-6-8-15/h4-8,10-11,13,21H,3,9,12H2,1-2H3. The van der Waals surface area contributed by atoms with Crippen molar-refractivity contribution in [2.75, 3.05) is 6.61 Å². The van der Waals surface area contributed by atoms with Crippen molar-refractivity contribution < 1.29 is 4.74 Å². The Kier molecular flexibility index (Phi) is 6.93. The number of rotatable bonds is 7. The Morgan fingerprint density at radius 3 is 2.32 bits per heavy atom. The van der Waals surface area contributed by atoms with Crippen LogP contribution < -0.4 is 10.1 Å². The summed E-state index contributed by atoms with van der Waals surface area (Å²) in [6.45, 7) is 5.81. The van der Waals surface area contributed by atoms with Crippen LogP contribution in [0.15, 0.2) is 51.4 Å². The monoisotopic (exact) mass is 425 g/mol. The summed E-state index contributed by atoms with van der Waals surface area (Å²) in [6.07, 6.45) is 0.997. The first-order valence-electron chi connectivity index (χ1n) is 7.51. The molecule has 0 aliphatic heterocycles. The first-order valence-corrected chi connectivity index (χ1v) is 9.09. The molecule has 0 radical (unpaired) electrons. The minimum absolute atomic E-state index is 0.315. The normalized spacial score (nSPS) is 12.2. The molecular formula is C18H21Br2NO. The van der Waals surface area contributed by atoms with Gasteiger partial charge in [-0.1, -0.05) is 37.3 Å². The zero-order valence-electron chi connectivity index (χ0n) is 12.9. The lowest BCUT2D eigenvalue weighted by Crippen LogP contribution is -2.18. The van der Waals surface area contributed by atoms with E-state index in [1.54, 1.807) is 0 Å². The Morgan fingerprint density at radius 2 is 1.73 bits per heavy atom.